The van der Waals surface area contributed by atoms with Crippen LogP contribution in [0.1, 0.15) is 0 Å². The molecule has 1 atom stereocenters. The Morgan fingerprint density at radius 1 is 0.778 bits per heavy atom. The second kappa shape index (κ2) is 6.74. The molecule has 0 aliphatic carbocycles. The molecule has 0 amide bonds. The zero-order valence-electron chi connectivity index (χ0n) is 10.2. The number of rotatable bonds is 4. The zero-order valence-corrected chi connectivity index (χ0v) is 14.5. The van der Waals surface area contributed by atoms with Gasteiger partial charge in [0.2, 0.25) is 0 Å². The molecule has 0 spiro atoms. The highest BCUT2D eigenvalue weighted by atomic mass is 31.4. The summed E-state index contributed by atoms with van der Waals surface area (Å²) in [5.41, 5.74) is 0. The van der Waals surface area contributed by atoms with Crippen molar-refractivity contribution in [1.29, 1.82) is 0 Å². The molecule has 2 aromatic rings. The first-order chi connectivity index (χ1) is 8.16. The minimum Gasteiger partial charge on any atom is -0.421 e. The molecule has 18 heavy (non-hydrogen) atoms. The number of benzene rings is 2. The van der Waals surface area contributed by atoms with Crippen molar-refractivity contribution in [3.8, 4) is 11.5 Å². The van der Waals surface area contributed by atoms with Crippen LogP contribution in [0.2, 0.25) is 0 Å². The van der Waals surface area contributed by atoms with Crippen LogP contribution in [0.15, 0.2) is 60.7 Å². The lowest BCUT2D eigenvalue weighted by molar-refractivity contribution is 0.406. The molecule has 0 saturated heterocycles. The van der Waals surface area contributed by atoms with Crippen molar-refractivity contribution in [1.82, 2.24) is 0 Å². The van der Waals surface area contributed by atoms with Crippen LogP contribution in [-0.2, 0) is 4.57 Å². The smallest absolute Gasteiger partial charge is 0.378 e. The number of hydrogen-bond acceptors (Lipinski definition) is 3. The lowest BCUT2D eigenvalue weighted by Crippen LogP contribution is -2.00. The van der Waals surface area contributed by atoms with Crippen LogP contribution in [0.5, 0.6) is 11.5 Å². The van der Waals surface area contributed by atoms with Crippen LogP contribution in [-0.4, -0.2) is 9.91 Å². The number of para-hydroxylation sites is 2. The molecule has 96 valence electrons. The lowest BCUT2D eigenvalue weighted by atomic mass is 10.3. The van der Waals surface area contributed by atoms with Crippen molar-refractivity contribution in [2.75, 3.05) is 0 Å². The molecule has 2 aromatic carbocycles. The van der Waals surface area contributed by atoms with Crippen molar-refractivity contribution in [2.24, 2.45) is 0 Å². The molecule has 0 aromatic heterocycles. The molecule has 0 aliphatic rings. The number of hydrogen-bond donors (Lipinski definition) is 0. The quantitative estimate of drug-likeness (QED) is 0.643. The monoisotopic (exact) mass is 298 g/mol. The Bertz CT molecular complexity index is 474. The van der Waals surface area contributed by atoms with Crippen LogP contribution in [0.25, 0.3) is 0 Å². The van der Waals surface area contributed by atoms with Crippen LogP contribution in [0, 0.1) is 0 Å². The Hall–Kier alpha value is -1.08. The van der Waals surface area contributed by atoms with Crippen molar-refractivity contribution in [3.63, 3.8) is 0 Å². The standard InChI is InChI=1S/C12H13O3PSi.H3P/c13-16(17,14-11-7-3-1-4-8-11)15-12-9-5-2-6-10-12;/h1-10H,17H3;1H3. The average molecular weight is 298 g/mol. The third kappa shape index (κ3) is 4.65. The first-order valence-electron chi connectivity index (χ1n) is 5.22. The van der Waals surface area contributed by atoms with E-state index < -0.39 is 7.14 Å². The van der Waals surface area contributed by atoms with E-state index in [0.717, 1.165) is 0 Å². The molecule has 0 fully saturated rings. The molecule has 2 rings (SSSR count). The van der Waals surface area contributed by atoms with Gasteiger partial charge in [0.05, 0.1) is 0 Å². The van der Waals surface area contributed by atoms with Gasteiger partial charge < -0.3 is 9.05 Å². The van der Waals surface area contributed by atoms with Crippen LogP contribution >= 0.6 is 17.0 Å². The molecule has 0 radical (unpaired) electrons. The summed E-state index contributed by atoms with van der Waals surface area (Å²) in [6.07, 6.45) is 0. The molecule has 0 heterocycles. The maximum Gasteiger partial charge on any atom is 0.378 e. The van der Waals surface area contributed by atoms with Gasteiger partial charge in [0.1, 0.15) is 11.5 Å². The Morgan fingerprint density at radius 2 is 1.11 bits per heavy atom. The second-order valence-corrected chi connectivity index (χ2v) is 8.77. The minimum absolute atomic E-state index is 0. The van der Waals surface area contributed by atoms with Gasteiger partial charge >= 0.3 is 7.14 Å². The molecule has 1 unspecified atom stereocenters. The van der Waals surface area contributed by atoms with Crippen LogP contribution in [0.3, 0.4) is 0 Å². The molecular weight excluding hydrogens is 282 g/mol. The fraction of sp³-hybridized carbons (Fsp3) is 0. The summed E-state index contributed by atoms with van der Waals surface area (Å²) in [6.45, 7) is 0. The minimum atomic E-state index is -3.00. The Balaban J connectivity index is 0.00000162. The molecule has 0 aliphatic heterocycles. The van der Waals surface area contributed by atoms with Crippen molar-refractivity contribution < 1.29 is 13.6 Å². The zero-order chi connectivity index (χ0) is 12.1. The van der Waals surface area contributed by atoms with Gasteiger partial charge in [-0.3, -0.25) is 0 Å². The fourth-order valence-electron chi connectivity index (χ4n) is 1.36. The van der Waals surface area contributed by atoms with Gasteiger partial charge in [0.25, 0.3) is 0 Å². The molecule has 0 saturated carbocycles. The largest absolute Gasteiger partial charge is 0.421 e. The summed E-state index contributed by atoms with van der Waals surface area (Å²) >= 11 is 0. The normalized spacial score (nSPS) is 10.4. The highest BCUT2D eigenvalue weighted by Crippen LogP contribution is 2.43. The van der Waals surface area contributed by atoms with Crippen molar-refractivity contribution in [2.45, 2.75) is 0 Å². The Morgan fingerprint density at radius 3 is 1.44 bits per heavy atom. The van der Waals surface area contributed by atoms with E-state index in [-0.39, 0.29) is 9.90 Å². The molecule has 0 bridgehead atoms. The fourth-order valence-corrected chi connectivity index (χ4v) is 3.68. The maximum absolute atomic E-state index is 12.2. The Labute approximate surface area is 113 Å². The first kappa shape index (κ1) is 15.0. The Kier molecular flexibility index (Phi) is 5.61. The maximum atomic E-state index is 12.2. The highest BCUT2D eigenvalue weighted by molar-refractivity contribution is 7.80. The summed E-state index contributed by atoms with van der Waals surface area (Å²) in [6, 6.07) is 18.1. The predicted octanol–water partition coefficient (Wildman–Crippen LogP) is 2.68. The SMILES string of the molecule is O=P([SiH3])(Oc1ccccc1)Oc1ccccc1.P. The first-order valence-corrected chi connectivity index (χ1v) is 9.90. The van der Waals surface area contributed by atoms with Gasteiger partial charge in [0.15, 0.2) is 9.91 Å². The van der Waals surface area contributed by atoms with Gasteiger partial charge in [0, 0.05) is 0 Å². The van der Waals surface area contributed by atoms with Gasteiger partial charge in [-0.15, -0.1) is 0 Å². The van der Waals surface area contributed by atoms with E-state index in [2.05, 4.69) is 0 Å². The van der Waals surface area contributed by atoms with E-state index in [1.165, 1.54) is 0 Å². The summed E-state index contributed by atoms with van der Waals surface area (Å²) in [5, 5.41) is 0. The average Bonchev–Trinajstić information content (AvgIpc) is 2.30. The van der Waals surface area contributed by atoms with E-state index in [1.807, 2.05) is 36.4 Å². The van der Waals surface area contributed by atoms with Crippen LogP contribution in [0.4, 0.5) is 0 Å². The third-order valence-corrected chi connectivity index (χ3v) is 4.21. The predicted molar refractivity (Wildman–Crippen MR) is 82.8 cm³/mol. The highest BCUT2D eigenvalue weighted by Gasteiger charge is 2.18. The topological polar surface area (TPSA) is 35.5 Å². The van der Waals surface area contributed by atoms with E-state index in [4.69, 9.17) is 9.05 Å². The summed E-state index contributed by atoms with van der Waals surface area (Å²) in [7, 11) is -2.67. The second-order valence-electron chi connectivity index (χ2n) is 3.58. The summed E-state index contributed by atoms with van der Waals surface area (Å²) in [5.74, 6) is 1.14. The van der Waals surface area contributed by atoms with E-state index in [0.29, 0.717) is 21.4 Å². The van der Waals surface area contributed by atoms with E-state index in [1.54, 1.807) is 24.3 Å². The molecular formula is C12H16O3P2Si. The van der Waals surface area contributed by atoms with E-state index >= 15 is 0 Å². The lowest BCUT2D eigenvalue weighted by Gasteiger charge is -2.16. The molecule has 0 N–H and O–H groups in total. The van der Waals surface area contributed by atoms with Gasteiger partial charge in [-0.05, 0) is 24.3 Å². The summed E-state index contributed by atoms with van der Waals surface area (Å²) in [4.78, 5) is 0. The van der Waals surface area contributed by atoms with Gasteiger partial charge in [-0.1, -0.05) is 36.4 Å². The van der Waals surface area contributed by atoms with Crippen LogP contribution < -0.4 is 9.05 Å². The third-order valence-electron chi connectivity index (χ3n) is 2.03. The molecule has 3 nitrogen and oxygen atoms in total. The van der Waals surface area contributed by atoms with Gasteiger partial charge in [-0.2, -0.15) is 9.90 Å². The van der Waals surface area contributed by atoms with Gasteiger partial charge in [-0.25, -0.2) is 4.57 Å². The van der Waals surface area contributed by atoms with Crippen molar-refractivity contribution >= 4 is 27.0 Å². The van der Waals surface area contributed by atoms with Crippen molar-refractivity contribution in [3.05, 3.63) is 60.7 Å². The molecule has 6 heteroatoms. The van der Waals surface area contributed by atoms with E-state index in [9.17, 15) is 4.57 Å². The summed E-state index contributed by atoms with van der Waals surface area (Å²) < 4.78 is 23.0.